The molecule has 33 heavy (non-hydrogen) atoms. The van der Waals surface area contributed by atoms with Crippen LogP contribution in [0.1, 0.15) is 80.1 Å². The maximum Gasteiger partial charge on any atom is 0.0631 e. The Kier molecular flexibility index (Phi) is 5.40. The molecule has 0 heterocycles. The van der Waals surface area contributed by atoms with Gasteiger partial charge in [-0.05, 0) is 89.6 Å². The quantitative estimate of drug-likeness (QED) is 0.492. The van der Waals surface area contributed by atoms with Crippen LogP contribution in [-0.2, 0) is 0 Å². The lowest BCUT2D eigenvalue weighted by atomic mass is 9.37. The molecule has 0 bridgehead atoms. The van der Waals surface area contributed by atoms with Crippen molar-refractivity contribution in [3.63, 3.8) is 0 Å². The molecule has 4 heteroatoms. The van der Waals surface area contributed by atoms with E-state index in [1.54, 1.807) is 0 Å². The highest BCUT2D eigenvalue weighted by atomic mass is 16.3. The van der Waals surface area contributed by atoms with Crippen LogP contribution in [-0.4, -0.2) is 45.3 Å². The van der Waals surface area contributed by atoms with Gasteiger partial charge in [-0.2, -0.15) is 0 Å². The molecule has 0 radical (unpaired) electrons. The second kappa shape index (κ2) is 7.41. The predicted molar refractivity (Wildman–Crippen MR) is 130 cm³/mol. The van der Waals surface area contributed by atoms with Gasteiger partial charge in [0, 0.05) is 17.9 Å². The number of hydrogen-bond donors (Lipinski definition) is 4. The summed E-state index contributed by atoms with van der Waals surface area (Å²) in [5.74, 6) is 1.03. The van der Waals surface area contributed by atoms with E-state index in [-0.39, 0.29) is 52.1 Å². The summed E-state index contributed by atoms with van der Waals surface area (Å²) in [5, 5.41) is 44.6. The molecule has 5 aliphatic carbocycles. The highest BCUT2D eigenvalue weighted by Crippen LogP contribution is 2.74. The van der Waals surface area contributed by atoms with Gasteiger partial charge in [-0.25, -0.2) is 0 Å². The fourth-order valence-corrected chi connectivity index (χ4v) is 10.0. The Morgan fingerprint density at radius 1 is 0.909 bits per heavy atom. The third kappa shape index (κ3) is 2.84. The minimum Gasteiger partial charge on any atom is -0.396 e. The second-order valence-electron chi connectivity index (χ2n) is 13.8. The molecule has 3 fully saturated rings. The van der Waals surface area contributed by atoms with Crippen molar-refractivity contribution in [2.45, 2.75) is 98.4 Å². The maximum atomic E-state index is 11.7. The van der Waals surface area contributed by atoms with Crippen LogP contribution < -0.4 is 0 Å². The zero-order chi connectivity index (χ0) is 24.1. The second-order valence-corrected chi connectivity index (χ2v) is 13.8. The van der Waals surface area contributed by atoms with Crippen molar-refractivity contribution in [1.29, 1.82) is 0 Å². The molecule has 0 saturated heterocycles. The Balaban J connectivity index is 1.62. The average Bonchev–Trinajstić information content (AvgIpc) is 3.06. The standard InChI is InChI=1S/C29H46O4/c1-16(2)19-13-22(32)25-28(6)10-9-18-17-7-8-23(33)26(3,4)20(17)14-21(31)24(18)27(28,5)11-12-29(19,25)15-30/h7,9,16,19-25,30-33H,8,10-15H2,1-6H3/t19-,20+,21-,22+,23-,24-,25+,27-,28+,29+/m0/s1. The minimum absolute atomic E-state index is 0.0440. The summed E-state index contributed by atoms with van der Waals surface area (Å²) in [6, 6.07) is 0. The molecule has 0 aromatic carbocycles. The Hall–Kier alpha value is -0.680. The first-order valence-corrected chi connectivity index (χ1v) is 13.4. The first-order valence-electron chi connectivity index (χ1n) is 13.4. The minimum atomic E-state index is -0.450. The normalized spacial score (nSPS) is 52.9. The molecular formula is C29H46O4. The van der Waals surface area contributed by atoms with Crippen molar-refractivity contribution in [3.05, 3.63) is 23.3 Å². The molecule has 10 atom stereocenters. The number of aliphatic hydroxyl groups is 4. The molecular weight excluding hydrogens is 412 g/mol. The third-order valence-electron chi connectivity index (χ3n) is 12.1. The summed E-state index contributed by atoms with van der Waals surface area (Å²) in [4.78, 5) is 0. The topological polar surface area (TPSA) is 80.9 Å². The smallest absolute Gasteiger partial charge is 0.0631 e. The Morgan fingerprint density at radius 3 is 2.24 bits per heavy atom. The molecule has 5 aliphatic rings. The lowest BCUT2D eigenvalue weighted by Gasteiger charge is -2.67. The number of hydrogen-bond acceptors (Lipinski definition) is 4. The van der Waals surface area contributed by atoms with Crippen molar-refractivity contribution in [2.75, 3.05) is 6.61 Å². The van der Waals surface area contributed by atoms with Gasteiger partial charge in [-0.15, -0.1) is 0 Å². The molecule has 0 unspecified atom stereocenters. The van der Waals surface area contributed by atoms with Crippen LogP contribution in [0.25, 0.3) is 0 Å². The van der Waals surface area contributed by atoms with E-state index in [1.165, 1.54) is 11.1 Å². The Labute approximate surface area is 200 Å². The number of rotatable bonds is 2. The van der Waals surface area contributed by atoms with Gasteiger partial charge in [-0.1, -0.05) is 53.7 Å². The van der Waals surface area contributed by atoms with E-state index in [1.807, 2.05) is 0 Å². The fourth-order valence-electron chi connectivity index (χ4n) is 10.0. The van der Waals surface area contributed by atoms with E-state index in [2.05, 4.69) is 53.7 Å². The zero-order valence-electron chi connectivity index (χ0n) is 21.5. The summed E-state index contributed by atoms with van der Waals surface area (Å²) in [6.45, 7) is 13.6. The largest absolute Gasteiger partial charge is 0.396 e. The maximum absolute atomic E-state index is 11.7. The molecule has 0 aliphatic heterocycles. The van der Waals surface area contributed by atoms with Gasteiger partial charge >= 0.3 is 0 Å². The van der Waals surface area contributed by atoms with E-state index in [4.69, 9.17) is 0 Å². The van der Waals surface area contributed by atoms with Crippen molar-refractivity contribution in [2.24, 2.45) is 51.2 Å². The average molecular weight is 459 g/mol. The van der Waals surface area contributed by atoms with Crippen LogP contribution in [0.2, 0.25) is 0 Å². The summed E-state index contributed by atoms with van der Waals surface area (Å²) in [5.41, 5.74) is 1.87. The van der Waals surface area contributed by atoms with Gasteiger partial charge < -0.3 is 20.4 Å². The van der Waals surface area contributed by atoms with Crippen molar-refractivity contribution in [1.82, 2.24) is 0 Å². The lowest BCUT2D eigenvalue weighted by molar-refractivity contribution is -0.195. The summed E-state index contributed by atoms with van der Waals surface area (Å²) in [7, 11) is 0. The van der Waals surface area contributed by atoms with Crippen LogP contribution >= 0.6 is 0 Å². The van der Waals surface area contributed by atoms with Gasteiger partial charge in [0.2, 0.25) is 0 Å². The monoisotopic (exact) mass is 458 g/mol. The van der Waals surface area contributed by atoms with E-state index >= 15 is 0 Å². The van der Waals surface area contributed by atoms with Crippen LogP contribution in [0.5, 0.6) is 0 Å². The lowest BCUT2D eigenvalue weighted by Crippen LogP contribution is -2.64. The van der Waals surface area contributed by atoms with Crippen LogP contribution in [0.15, 0.2) is 23.3 Å². The fraction of sp³-hybridized carbons (Fsp3) is 0.862. The van der Waals surface area contributed by atoms with E-state index in [0.29, 0.717) is 24.7 Å². The number of allylic oxidation sites excluding steroid dienone is 2. The first kappa shape index (κ1) is 24.0. The van der Waals surface area contributed by atoms with Gasteiger partial charge in [-0.3, -0.25) is 0 Å². The van der Waals surface area contributed by atoms with Gasteiger partial charge in [0.15, 0.2) is 0 Å². The molecule has 5 rings (SSSR count). The van der Waals surface area contributed by atoms with Crippen LogP contribution in [0, 0.1) is 51.2 Å². The number of aliphatic hydroxyl groups excluding tert-OH is 4. The van der Waals surface area contributed by atoms with Crippen LogP contribution in [0.4, 0.5) is 0 Å². The highest BCUT2D eigenvalue weighted by Gasteiger charge is 2.71. The first-order chi connectivity index (χ1) is 15.3. The van der Waals surface area contributed by atoms with E-state index in [0.717, 1.165) is 25.7 Å². The third-order valence-corrected chi connectivity index (χ3v) is 12.1. The van der Waals surface area contributed by atoms with Gasteiger partial charge in [0.05, 0.1) is 18.3 Å². The van der Waals surface area contributed by atoms with E-state index in [9.17, 15) is 20.4 Å². The number of fused-ring (bicyclic) bond motifs is 7. The summed E-state index contributed by atoms with van der Waals surface area (Å²) in [6.07, 6.45) is 8.32. The molecule has 0 spiro atoms. The van der Waals surface area contributed by atoms with Crippen molar-refractivity contribution < 1.29 is 20.4 Å². The molecule has 4 N–H and O–H groups in total. The molecule has 3 saturated carbocycles. The van der Waals surface area contributed by atoms with Crippen molar-refractivity contribution >= 4 is 0 Å². The molecule has 0 amide bonds. The van der Waals surface area contributed by atoms with Crippen molar-refractivity contribution in [3.8, 4) is 0 Å². The Morgan fingerprint density at radius 2 is 1.61 bits per heavy atom. The molecule has 0 aromatic heterocycles. The van der Waals surface area contributed by atoms with E-state index < -0.39 is 12.2 Å². The SMILES string of the molecule is CC(C)[C@@H]1C[C@@H](O)[C@H]2[C@@]1(CO)CC[C@@]1(C)[C@H]3C(=CC[C@]21C)C1=CC[C@H](O)C(C)(C)[C@@H]1C[C@@H]3O. The summed E-state index contributed by atoms with van der Waals surface area (Å²) >= 11 is 0. The zero-order valence-corrected chi connectivity index (χ0v) is 21.5. The Bertz CT molecular complexity index is 873. The molecule has 4 nitrogen and oxygen atoms in total. The summed E-state index contributed by atoms with van der Waals surface area (Å²) < 4.78 is 0. The highest BCUT2D eigenvalue weighted by molar-refractivity contribution is 5.45. The van der Waals surface area contributed by atoms with Gasteiger partial charge in [0.1, 0.15) is 0 Å². The molecule has 0 aromatic rings. The predicted octanol–water partition coefficient (Wildman–Crippen LogP) is 4.47. The molecule has 186 valence electrons. The van der Waals surface area contributed by atoms with Gasteiger partial charge in [0.25, 0.3) is 0 Å². The van der Waals surface area contributed by atoms with Crippen LogP contribution in [0.3, 0.4) is 0 Å².